The summed E-state index contributed by atoms with van der Waals surface area (Å²) in [6.45, 7) is 5.29. The van der Waals surface area contributed by atoms with Crippen LogP contribution in [-0.2, 0) is 4.74 Å². The Bertz CT molecular complexity index is 274. The van der Waals surface area contributed by atoms with E-state index in [9.17, 15) is 0 Å². The zero-order valence-corrected chi connectivity index (χ0v) is 10.7. The standard InChI is InChI=1S/C11H15IO2/c1-9(2)13-6-7-14-11-5-3-4-10(12)8-11/h3-5,8-9H,6-7H2,1-2H3. The maximum Gasteiger partial charge on any atom is 0.120 e. The first-order chi connectivity index (χ1) is 6.68. The Hall–Kier alpha value is -0.290. The van der Waals surface area contributed by atoms with Gasteiger partial charge in [-0.25, -0.2) is 0 Å². The van der Waals surface area contributed by atoms with Gasteiger partial charge in [-0.05, 0) is 54.6 Å². The van der Waals surface area contributed by atoms with Crippen LogP contribution in [0.3, 0.4) is 0 Å². The van der Waals surface area contributed by atoms with Crippen molar-refractivity contribution < 1.29 is 9.47 Å². The molecule has 0 fully saturated rings. The Labute approximate surface area is 98.7 Å². The van der Waals surface area contributed by atoms with Gasteiger partial charge in [-0.1, -0.05) is 6.07 Å². The number of hydrogen-bond donors (Lipinski definition) is 0. The number of ether oxygens (including phenoxy) is 2. The molecule has 2 nitrogen and oxygen atoms in total. The second-order valence-electron chi connectivity index (χ2n) is 3.23. The summed E-state index contributed by atoms with van der Waals surface area (Å²) in [5, 5.41) is 0. The van der Waals surface area contributed by atoms with Gasteiger partial charge in [-0.3, -0.25) is 0 Å². The third kappa shape index (κ3) is 4.81. The van der Waals surface area contributed by atoms with Crippen LogP contribution in [0.5, 0.6) is 5.75 Å². The maximum atomic E-state index is 5.51. The normalized spacial score (nSPS) is 10.6. The van der Waals surface area contributed by atoms with Crippen LogP contribution in [0.1, 0.15) is 13.8 Å². The lowest BCUT2D eigenvalue weighted by Gasteiger charge is -2.09. The van der Waals surface area contributed by atoms with Crippen molar-refractivity contribution in [3.8, 4) is 5.75 Å². The fourth-order valence-corrected chi connectivity index (χ4v) is 1.51. The second kappa shape index (κ2) is 6.24. The molecule has 1 rings (SSSR count). The van der Waals surface area contributed by atoms with Crippen molar-refractivity contribution in [2.24, 2.45) is 0 Å². The van der Waals surface area contributed by atoms with E-state index in [1.807, 2.05) is 38.1 Å². The molecule has 0 heterocycles. The fourth-order valence-electron chi connectivity index (χ4n) is 1.00. The molecule has 0 bridgehead atoms. The quantitative estimate of drug-likeness (QED) is 0.615. The van der Waals surface area contributed by atoms with E-state index in [1.165, 1.54) is 3.57 Å². The highest BCUT2D eigenvalue weighted by molar-refractivity contribution is 14.1. The summed E-state index contributed by atoms with van der Waals surface area (Å²) >= 11 is 2.27. The van der Waals surface area contributed by atoms with Crippen LogP contribution in [0.15, 0.2) is 24.3 Å². The van der Waals surface area contributed by atoms with E-state index in [-0.39, 0.29) is 6.10 Å². The molecule has 0 saturated heterocycles. The van der Waals surface area contributed by atoms with E-state index >= 15 is 0 Å². The molecule has 0 unspecified atom stereocenters. The van der Waals surface area contributed by atoms with Crippen molar-refractivity contribution in [2.45, 2.75) is 20.0 Å². The molecule has 0 spiro atoms. The minimum Gasteiger partial charge on any atom is -0.491 e. The van der Waals surface area contributed by atoms with E-state index in [4.69, 9.17) is 9.47 Å². The minimum atomic E-state index is 0.273. The highest BCUT2D eigenvalue weighted by Gasteiger charge is 1.96. The van der Waals surface area contributed by atoms with Gasteiger partial charge in [-0.2, -0.15) is 0 Å². The van der Waals surface area contributed by atoms with Crippen LogP contribution in [0, 0.1) is 3.57 Å². The molecular formula is C11H15IO2. The summed E-state index contributed by atoms with van der Waals surface area (Å²) in [5.74, 6) is 0.907. The lowest BCUT2D eigenvalue weighted by Crippen LogP contribution is -2.11. The molecule has 0 aliphatic carbocycles. The van der Waals surface area contributed by atoms with Crippen molar-refractivity contribution in [3.05, 3.63) is 27.8 Å². The summed E-state index contributed by atoms with van der Waals surface area (Å²) < 4.78 is 12.1. The van der Waals surface area contributed by atoms with Crippen molar-refractivity contribution in [2.75, 3.05) is 13.2 Å². The molecule has 1 aromatic rings. The van der Waals surface area contributed by atoms with E-state index in [1.54, 1.807) is 0 Å². The highest BCUT2D eigenvalue weighted by atomic mass is 127. The van der Waals surface area contributed by atoms with Gasteiger partial charge in [0.15, 0.2) is 0 Å². The van der Waals surface area contributed by atoms with Crippen LogP contribution in [0.4, 0.5) is 0 Å². The first-order valence-corrected chi connectivity index (χ1v) is 5.76. The van der Waals surface area contributed by atoms with Crippen molar-refractivity contribution >= 4 is 22.6 Å². The topological polar surface area (TPSA) is 18.5 Å². The Balaban J connectivity index is 2.25. The minimum absolute atomic E-state index is 0.273. The predicted molar refractivity (Wildman–Crippen MR) is 65.7 cm³/mol. The molecule has 0 amide bonds. The van der Waals surface area contributed by atoms with E-state index in [0.29, 0.717) is 13.2 Å². The fraction of sp³-hybridized carbons (Fsp3) is 0.455. The highest BCUT2D eigenvalue weighted by Crippen LogP contribution is 2.14. The average molecular weight is 306 g/mol. The van der Waals surface area contributed by atoms with Crippen LogP contribution in [-0.4, -0.2) is 19.3 Å². The third-order valence-electron chi connectivity index (χ3n) is 1.60. The monoisotopic (exact) mass is 306 g/mol. The Morgan fingerprint density at radius 1 is 1.29 bits per heavy atom. The molecule has 0 N–H and O–H groups in total. The van der Waals surface area contributed by atoms with Gasteiger partial charge in [-0.15, -0.1) is 0 Å². The lowest BCUT2D eigenvalue weighted by molar-refractivity contribution is 0.0552. The molecule has 78 valence electrons. The molecule has 0 aromatic heterocycles. The Kier molecular flexibility index (Phi) is 5.25. The number of benzene rings is 1. The van der Waals surface area contributed by atoms with Crippen LogP contribution < -0.4 is 4.74 Å². The summed E-state index contributed by atoms with van der Waals surface area (Å²) in [6, 6.07) is 7.99. The van der Waals surface area contributed by atoms with Crippen molar-refractivity contribution in [1.82, 2.24) is 0 Å². The summed E-state index contributed by atoms with van der Waals surface area (Å²) in [6.07, 6.45) is 0.273. The molecule has 1 aromatic carbocycles. The number of halogens is 1. The van der Waals surface area contributed by atoms with E-state index in [2.05, 4.69) is 22.6 Å². The Morgan fingerprint density at radius 2 is 2.07 bits per heavy atom. The molecule has 0 aliphatic rings. The second-order valence-corrected chi connectivity index (χ2v) is 4.47. The van der Waals surface area contributed by atoms with Gasteiger partial charge in [0.2, 0.25) is 0 Å². The summed E-state index contributed by atoms with van der Waals surface area (Å²) in [5.41, 5.74) is 0. The van der Waals surface area contributed by atoms with E-state index < -0.39 is 0 Å². The predicted octanol–water partition coefficient (Wildman–Crippen LogP) is 3.10. The summed E-state index contributed by atoms with van der Waals surface area (Å²) in [7, 11) is 0. The van der Waals surface area contributed by atoms with Crippen LogP contribution >= 0.6 is 22.6 Å². The zero-order chi connectivity index (χ0) is 10.4. The van der Waals surface area contributed by atoms with Crippen molar-refractivity contribution in [1.29, 1.82) is 0 Å². The maximum absolute atomic E-state index is 5.51. The first-order valence-electron chi connectivity index (χ1n) is 4.68. The van der Waals surface area contributed by atoms with Crippen LogP contribution in [0.2, 0.25) is 0 Å². The molecule has 3 heteroatoms. The average Bonchev–Trinajstić information content (AvgIpc) is 2.12. The molecule has 0 atom stereocenters. The SMILES string of the molecule is CC(C)OCCOc1cccc(I)c1. The molecule has 0 radical (unpaired) electrons. The molecule has 0 saturated carbocycles. The first kappa shape index (κ1) is 11.8. The van der Waals surface area contributed by atoms with Gasteiger partial charge in [0.1, 0.15) is 12.4 Å². The van der Waals surface area contributed by atoms with Crippen LogP contribution in [0.25, 0.3) is 0 Å². The zero-order valence-electron chi connectivity index (χ0n) is 8.50. The lowest BCUT2D eigenvalue weighted by atomic mass is 10.3. The van der Waals surface area contributed by atoms with Gasteiger partial charge >= 0.3 is 0 Å². The number of hydrogen-bond acceptors (Lipinski definition) is 2. The van der Waals surface area contributed by atoms with Crippen molar-refractivity contribution in [3.63, 3.8) is 0 Å². The smallest absolute Gasteiger partial charge is 0.120 e. The van der Waals surface area contributed by atoms with E-state index in [0.717, 1.165) is 5.75 Å². The Morgan fingerprint density at radius 3 is 2.71 bits per heavy atom. The number of rotatable bonds is 5. The largest absolute Gasteiger partial charge is 0.491 e. The van der Waals surface area contributed by atoms with Gasteiger partial charge in [0.25, 0.3) is 0 Å². The molecular weight excluding hydrogens is 291 g/mol. The molecule has 0 aliphatic heterocycles. The third-order valence-corrected chi connectivity index (χ3v) is 2.27. The van der Waals surface area contributed by atoms with Gasteiger partial charge in [0.05, 0.1) is 12.7 Å². The summed E-state index contributed by atoms with van der Waals surface area (Å²) in [4.78, 5) is 0. The van der Waals surface area contributed by atoms with Gasteiger partial charge < -0.3 is 9.47 Å². The van der Waals surface area contributed by atoms with Gasteiger partial charge in [0, 0.05) is 3.57 Å². The molecule has 14 heavy (non-hydrogen) atoms.